The van der Waals surface area contributed by atoms with Gasteiger partial charge in [-0.1, -0.05) is 13.8 Å². The normalized spacial score (nSPS) is 11.2. The third kappa shape index (κ3) is 1.90. The fourth-order valence-corrected chi connectivity index (χ4v) is 2.00. The summed E-state index contributed by atoms with van der Waals surface area (Å²) in [5.41, 5.74) is 2.07. The van der Waals surface area contributed by atoms with Crippen LogP contribution in [0.5, 0.6) is 5.75 Å². The second kappa shape index (κ2) is 4.56. The highest BCUT2D eigenvalue weighted by atomic mass is 16.5. The first kappa shape index (κ1) is 11.0. The van der Waals surface area contributed by atoms with E-state index < -0.39 is 0 Å². The minimum Gasteiger partial charge on any atom is -0.497 e. The van der Waals surface area contributed by atoms with Gasteiger partial charge in [-0.3, -0.25) is 0 Å². The monoisotopic (exact) mass is 218 g/mol. The lowest BCUT2D eigenvalue weighted by molar-refractivity contribution is 0.415. The van der Waals surface area contributed by atoms with Crippen molar-refractivity contribution in [3.05, 3.63) is 24.0 Å². The molecular formula is C13H18N2O. The van der Waals surface area contributed by atoms with Crippen LogP contribution < -0.4 is 4.74 Å². The first-order valence-corrected chi connectivity index (χ1v) is 5.82. The van der Waals surface area contributed by atoms with Crippen LogP contribution in [0.4, 0.5) is 0 Å². The number of rotatable bonds is 4. The van der Waals surface area contributed by atoms with Crippen LogP contribution in [0.1, 0.15) is 38.4 Å². The molecule has 16 heavy (non-hydrogen) atoms. The van der Waals surface area contributed by atoms with Crippen LogP contribution in [0.25, 0.3) is 11.0 Å². The molecule has 3 heteroatoms. The van der Waals surface area contributed by atoms with Crippen LogP contribution in [-0.2, 0) is 0 Å². The Morgan fingerprint density at radius 3 is 2.69 bits per heavy atom. The van der Waals surface area contributed by atoms with Gasteiger partial charge in [-0.25, -0.2) is 4.98 Å². The predicted molar refractivity (Wildman–Crippen MR) is 66.0 cm³/mol. The number of ether oxygens (including phenoxy) is 1. The smallest absolute Gasteiger partial charge is 0.121 e. The quantitative estimate of drug-likeness (QED) is 0.853. The molecular weight excluding hydrogens is 200 g/mol. The lowest BCUT2D eigenvalue weighted by Gasteiger charge is -2.07. The summed E-state index contributed by atoms with van der Waals surface area (Å²) in [5, 5.41) is 0. The van der Waals surface area contributed by atoms with Crippen molar-refractivity contribution in [2.75, 3.05) is 7.11 Å². The Hall–Kier alpha value is -1.51. The van der Waals surface area contributed by atoms with E-state index in [1.165, 1.54) is 0 Å². The van der Waals surface area contributed by atoms with Crippen molar-refractivity contribution in [1.29, 1.82) is 0 Å². The van der Waals surface area contributed by atoms with E-state index >= 15 is 0 Å². The van der Waals surface area contributed by atoms with E-state index in [-0.39, 0.29) is 0 Å². The lowest BCUT2D eigenvalue weighted by Crippen LogP contribution is -1.97. The van der Waals surface area contributed by atoms with Gasteiger partial charge in [0.2, 0.25) is 0 Å². The number of hydrogen-bond acceptors (Lipinski definition) is 2. The highest BCUT2D eigenvalue weighted by Crippen LogP contribution is 2.25. The molecule has 1 aromatic heterocycles. The summed E-state index contributed by atoms with van der Waals surface area (Å²) >= 11 is 0. The number of methoxy groups -OCH3 is 1. The lowest BCUT2D eigenvalue weighted by atomic mass is 10.0. The maximum atomic E-state index is 5.20. The Morgan fingerprint density at radius 1 is 1.31 bits per heavy atom. The van der Waals surface area contributed by atoms with Gasteiger partial charge < -0.3 is 9.72 Å². The SMILES string of the molecule is CCC(CC)c1nc2ccc(OC)cc2[nH]1. The fraction of sp³-hybridized carbons (Fsp3) is 0.462. The summed E-state index contributed by atoms with van der Waals surface area (Å²) in [6.45, 7) is 4.39. The molecule has 0 aliphatic carbocycles. The van der Waals surface area contributed by atoms with E-state index in [1.54, 1.807) is 7.11 Å². The summed E-state index contributed by atoms with van der Waals surface area (Å²) < 4.78 is 5.20. The van der Waals surface area contributed by atoms with Gasteiger partial charge in [0.25, 0.3) is 0 Å². The average Bonchev–Trinajstić information content (AvgIpc) is 2.72. The maximum absolute atomic E-state index is 5.20. The van der Waals surface area contributed by atoms with Crippen molar-refractivity contribution in [3.63, 3.8) is 0 Å². The molecule has 2 rings (SSSR count). The minimum atomic E-state index is 0.526. The third-order valence-corrected chi connectivity index (χ3v) is 3.08. The van der Waals surface area contributed by atoms with Gasteiger partial charge in [0.1, 0.15) is 11.6 Å². The Bertz CT molecular complexity index is 472. The zero-order valence-corrected chi connectivity index (χ0v) is 10.1. The van der Waals surface area contributed by atoms with E-state index in [4.69, 9.17) is 4.74 Å². The zero-order chi connectivity index (χ0) is 11.5. The number of nitrogens with one attached hydrogen (secondary N) is 1. The standard InChI is InChI=1S/C13H18N2O/c1-4-9(5-2)13-14-11-7-6-10(16-3)8-12(11)15-13/h6-9H,4-5H2,1-3H3,(H,14,15). The van der Waals surface area contributed by atoms with Crippen molar-refractivity contribution in [2.45, 2.75) is 32.6 Å². The van der Waals surface area contributed by atoms with Crippen molar-refractivity contribution in [1.82, 2.24) is 9.97 Å². The molecule has 0 saturated carbocycles. The molecule has 0 aliphatic heterocycles. The highest BCUT2D eigenvalue weighted by Gasteiger charge is 2.11. The van der Waals surface area contributed by atoms with Gasteiger partial charge in [0.15, 0.2) is 0 Å². The van der Waals surface area contributed by atoms with Crippen molar-refractivity contribution in [3.8, 4) is 5.75 Å². The van der Waals surface area contributed by atoms with Gasteiger partial charge >= 0.3 is 0 Å². The van der Waals surface area contributed by atoms with Crippen molar-refractivity contribution < 1.29 is 4.74 Å². The van der Waals surface area contributed by atoms with E-state index in [2.05, 4.69) is 23.8 Å². The van der Waals surface area contributed by atoms with Gasteiger partial charge in [-0.15, -0.1) is 0 Å². The molecule has 0 spiro atoms. The molecule has 0 aliphatic rings. The number of aromatic amines is 1. The van der Waals surface area contributed by atoms with E-state index in [0.717, 1.165) is 35.4 Å². The highest BCUT2D eigenvalue weighted by molar-refractivity contribution is 5.76. The molecule has 1 N–H and O–H groups in total. The molecule has 0 saturated heterocycles. The zero-order valence-electron chi connectivity index (χ0n) is 10.1. The minimum absolute atomic E-state index is 0.526. The number of nitrogens with zero attached hydrogens (tertiary/aromatic N) is 1. The van der Waals surface area contributed by atoms with Gasteiger partial charge in [-0.05, 0) is 25.0 Å². The first-order valence-electron chi connectivity index (χ1n) is 5.82. The number of aromatic nitrogens is 2. The summed E-state index contributed by atoms with van der Waals surface area (Å²) in [6.07, 6.45) is 2.24. The molecule has 0 atom stereocenters. The molecule has 3 nitrogen and oxygen atoms in total. The number of hydrogen-bond donors (Lipinski definition) is 1. The number of benzene rings is 1. The Balaban J connectivity index is 2.43. The summed E-state index contributed by atoms with van der Waals surface area (Å²) in [4.78, 5) is 8.00. The molecule has 0 amide bonds. The molecule has 0 unspecified atom stereocenters. The molecule has 86 valence electrons. The van der Waals surface area contributed by atoms with Gasteiger partial charge in [0.05, 0.1) is 18.1 Å². The van der Waals surface area contributed by atoms with Gasteiger partial charge in [-0.2, -0.15) is 0 Å². The van der Waals surface area contributed by atoms with E-state index in [9.17, 15) is 0 Å². The van der Waals surface area contributed by atoms with Crippen LogP contribution in [0.3, 0.4) is 0 Å². The molecule has 0 fully saturated rings. The van der Waals surface area contributed by atoms with Crippen LogP contribution >= 0.6 is 0 Å². The largest absolute Gasteiger partial charge is 0.497 e. The fourth-order valence-electron chi connectivity index (χ4n) is 2.00. The number of fused-ring (bicyclic) bond motifs is 1. The molecule has 0 radical (unpaired) electrons. The Kier molecular flexibility index (Phi) is 3.13. The molecule has 0 bridgehead atoms. The number of H-pyrrole nitrogens is 1. The Morgan fingerprint density at radius 2 is 2.06 bits per heavy atom. The molecule has 1 heterocycles. The summed E-state index contributed by atoms with van der Waals surface area (Å²) in [5.74, 6) is 2.49. The number of imidazole rings is 1. The second-order valence-corrected chi connectivity index (χ2v) is 4.02. The maximum Gasteiger partial charge on any atom is 0.121 e. The van der Waals surface area contributed by atoms with Crippen LogP contribution in [0, 0.1) is 0 Å². The van der Waals surface area contributed by atoms with Crippen molar-refractivity contribution >= 4 is 11.0 Å². The summed E-state index contributed by atoms with van der Waals surface area (Å²) in [7, 11) is 1.68. The van der Waals surface area contributed by atoms with Crippen LogP contribution in [0.2, 0.25) is 0 Å². The van der Waals surface area contributed by atoms with E-state index in [0.29, 0.717) is 5.92 Å². The third-order valence-electron chi connectivity index (χ3n) is 3.08. The summed E-state index contributed by atoms with van der Waals surface area (Å²) in [6, 6.07) is 5.94. The first-order chi connectivity index (χ1) is 7.78. The van der Waals surface area contributed by atoms with Crippen LogP contribution in [0.15, 0.2) is 18.2 Å². The Labute approximate surface area is 95.8 Å². The molecule has 1 aromatic carbocycles. The molecule has 2 aromatic rings. The average molecular weight is 218 g/mol. The van der Waals surface area contributed by atoms with Crippen molar-refractivity contribution in [2.24, 2.45) is 0 Å². The van der Waals surface area contributed by atoms with Crippen LogP contribution in [-0.4, -0.2) is 17.1 Å². The van der Waals surface area contributed by atoms with E-state index in [1.807, 2.05) is 18.2 Å². The van der Waals surface area contributed by atoms with Gasteiger partial charge in [0, 0.05) is 12.0 Å². The second-order valence-electron chi connectivity index (χ2n) is 4.02. The predicted octanol–water partition coefficient (Wildman–Crippen LogP) is 3.48. The topological polar surface area (TPSA) is 37.9 Å².